The van der Waals surface area contributed by atoms with E-state index in [4.69, 9.17) is 18.9 Å². The Morgan fingerprint density at radius 2 is 2.04 bits per heavy atom. The average Bonchev–Trinajstić information content (AvgIpc) is 3.31. The minimum Gasteiger partial charge on any atom is -0.459 e. The van der Waals surface area contributed by atoms with Crippen LogP contribution in [0.15, 0.2) is 41.9 Å². The number of ether oxygens (including phenoxy) is 4. The Hall–Kier alpha value is -1.84. The van der Waals surface area contributed by atoms with Crippen LogP contribution in [0.25, 0.3) is 0 Å². The van der Waals surface area contributed by atoms with Crippen molar-refractivity contribution in [2.24, 2.45) is 0 Å². The minimum absolute atomic E-state index is 0.0674. The smallest absolute Gasteiger partial charge is 0.338 e. The van der Waals surface area contributed by atoms with Crippen LogP contribution in [0, 0.1) is 0 Å². The van der Waals surface area contributed by atoms with Gasteiger partial charge in [0.25, 0.3) is 0 Å². The quantitative estimate of drug-likeness (QED) is 0.816. The fourth-order valence-corrected chi connectivity index (χ4v) is 3.95. The van der Waals surface area contributed by atoms with Gasteiger partial charge in [0, 0.05) is 11.6 Å². The van der Waals surface area contributed by atoms with Crippen LogP contribution in [0.3, 0.4) is 0 Å². The van der Waals surface area contributed by atoms with Crippen molar-refractivity contribution in [3.05, 3.63) is 52.5 Å². The first-order chi connectivity index (χ1) is 12.4. The molecule has 0 amide bonds. The highest BCUT2D eigenvalue weighted by atomic mass is 32.1. The van der Waals surface area contributed by atoms with Crippen molar-refractivity contribution in [2.45, 2.75) is 43.7 Å². The molecule has 2 aliphatic rings. The number of esters is 1. The highest BCUT2D eigenvalue weighted by Gasteiger charge is 2.64. The third kappa shape index (κ3) is 3.04. The lowest BCUT2D eigenvalue weighted by molar-refractivity contribution is -0.283. The van der Waals surface area contributed by atoms with Crippen molar-refractivity contribution in [1.82, 2.24) is 4.98 Å². The monoisotopic (exact) mass is 377 g/mol. The molecule has 4 rings (SSSR count). The van der Waals surface area contributed by atoms with E-state index in [-0.39, 0.29) is 6.61 Å². The van der Waals surface area contributed by atoms with E-state index in [1.165, 1.54) is 11.3 Å². The standard InChI is InChI=1S/C18H19NO6S/c1-17(2)24-13-12(10-22-15(20)11-6-4-3-5-7-11)23-18(21,14(13)25-17)16-19-8-9-26-16/h3-9,12-14,21H,10H2,1-2H3/t12-,13-,14-,18?/m1/s1. The van der Waals surface area contributed by atoms with Gasteiger partial charge in [-0.25, -0.2) is 9.78 Å². The Morgan fingerprint density at radius 1 is 1.27 bits per heavy atom. The van der Waals surface area contributed by atoms with Gasteiger partial charge in [-0.05, 0) is 26.0 Å². The fourth-order valence-electron chi connectivity index (χ4n) is 3.25. The second-order valence-corrected chi connectivity index (χ2v) is 7.57. The molecule has 0 saturated carbocycles. The molecule has 0 bridgehead atoms. The molecule has 2 saturated heterocycles. The van der Waals surface area contributed by atoms with Crippen LogP contribution in [0.1, 0.15) is 29.2 Å². The summed E-state index contributed by atoms with van der Waals surface area (Å²) < 4.78 is 22.9. The summed E-state index contributed by atoms with van der Waals surface area (Å²) >= 11 is 1.26. The summed E-state index contributed by atoms with van der Waals surface area (Å²) in [5, 5.41) is 13.2. The van der Waals surface area contributed by atoms with Crippen molar-refractivity contribution in [3.63, 3.8) is 0 Å². The number of carbonyl (C=O) groups excluding carboxylic acids is 1. The fraction of sp³-hybridized carbons (Fsp3) is 0.444. The van der Waals surface area contributed by atoms with Crippen LogP contribution in [0.5, 0.6) is 0 Å². The van der Waals surface area contributed by atoms with E-state index in [0.29, 0.717) is 10.6 Å². The maximum atomic E-state index is 12.2. The van der Waals surface area contributed by atoms with E-state index >= 15 is 0 Å². The Balaban J connectivity index is 1.52. The second-order valence-electron chi connectivity index (χ2n) is 6.68. The number of fused-ring (bicyclic) bond motifs is 1. The molecule has 26 heavy (non-hydrogen) atoms. The van der Waals surface area contributed by atoms with Gasteiger partial charge in [-0.3, -0.25) is 0 Å². The van der Waals surface area contributed by atoms with E-state index < -0.39 is 35.9 Å². The largest absolute Gasteiger partial charge is 0.459 e. The molecule has 7 nitrogen and oxygen atoms in total. The van der Waals surface area contributed by atoms with Crippen LogP contribution in [0.2, 0.25) is 0 Å². The maximum Gasteiger partial charge on any atom is 0.338 e. The summed E-state index contributed by atoms with van der Waals surface area (Å²) in [4.78, 5) is 16.3. The summed E-state index contributed by atoms with van der Waals surface area (Å²) in [7, 11) is 0. The van der Waals surface area contributed by atoms with Gasteiger partial charge in [-0.2, -0.15) is 0 Å². The normalized spacial score (nSPS) is 32.3. The number of hydrogen-bond acceptors (Lipinski definition) is 8. The van der Waals surface area contributed by atoms with Crippen LogP contribution in [0.4, 0.5) is 0 Å². The van der Waals surface area contributed by atoms with Crippen LogP contribution >= 0.6 is 11.3 Å². The van der Waals surface area contributed by atoms with Gasteiger partial charge in [0.2, 0.25) is 5.79 Å². The zero-order valence-electron chi connectivity index (χ0n) is 14.3. The van der Waals surface area contributed by atoms with Gasteiger partial charge < -0.3 is 24.1 Å². The van der Waals surface area contributed by atoms with Gasteiger partial charge in [0.05, 0.1) is 5.56 Å². The van der Waals surface area contributed by atoms with Crippen molar-refractivity contribution < 1.29 is 28.8 Å². The van der Waals surface area contributed by atoms with E-state index in [0.717, 1.165) is 0 Å². The number of thiazole rings is 1. The van der Waals surface area contributed by atoms with Gasteiger partial charge in [-0.15, -0.1) is 11.3 Å². The van der Waals surface area contributed by atoms with Gasteiger partial charge >= 0.3 is 5.97 Å². The first kappa shape index (κ1) is 17.6. The topological polar surface area (TPSA) is 87.1 Å². The Kier molecular flexibility index (Phi) is 4.32. The summed E-state index contributed by atoms with van der Waals surface area (Å²) in [6.45, 7) is 3.46. The van der Waals surface area contributed by atoms with E-state index in [2.05, 4.69) is 4.98 Å². The zero-order valence-corrected chi connectivity index (χ0v) is 15.1. The molecule has 0 spiro atoms. The summed E-state index contributed by atoms with van der Waals surface area (Å²) in [5.41, 5.74) is 0.446. The molecule has 2 aliphatic heterocycles. The summed E-state index contributed by atoms with van der Waals surface area (Å²) in [6, 6.07) is 8.68. The molecule has 138 valence electrons. The molecule has 3 heterocycles. The molecule has 2 aromatic rings. The van der Waals surface area contributed by atoms with Gasteiger partial charge in [-0.1, -0.05) is 18.2 Å². The molecule has 8 heteroatoms. The molecular formula is C18H19NO6S. The molecule has 2 fully saturated rings. The minimum atomic E-state index is -1.74. The maximum absolute atomic E-state index is 12.2. The highest BCUT2D eigenvalue weighted by Crippen LogP contribution is 2.48. The number of rotatable bonds is 4. The molecule has 1 aromatic carbocycles. The van der Waals surface area contributed by atoms with Gasteiger partial charge in [0.15, 0.2) is 16.9 Å². The van der Waals surface area contributed by atoms with Crippen molar-refractivity contribution in [3.8, 4) is 0 Å². The molecule has 4 atom stereocenters. The van der Waals surface area contributed by atoms with E-state index in [1.54, 1.807) is 49.7 Å². The number of nitrogens with zero attached hydrogens (tertiary/aromatic N) is 1. The number of benzene rings is 1. The van der Waals surface area contributed by atoms with Crippen LogP contribution in [-0.2, 0) is 24.7 Å². The lowest BCUT2D eigenvalue weighted by Gasteiger charge is -2.28. The lowest BCUT2D eigenvalue weighted by Crippen LogP contribution is -2.40. The molecule has 1 N–H and O–H groups in total. The summed E-state index contributed by atoms with van der Waals surface area (Å²) in [5.74, 6) is -3.09. The first-order valence-electron chi connectivity index (χ1n) is 8.27. The Bertz CT molecular complexity index is 780. The zero-order chi connectivity index (χ0) is 18.4. The Morgan fingerprint density at radius 3 is 2.73 bits per heavy atom. The van der Waals surface area contributed by atoms with Crippen molar-refractivity contribution >= 4 is 17.3 Å². The van der Waals surface area contributed by atoms with E-state index in [1.807, 2.05) is 6.07 Å². The number of aromatic nitrogens is 1. The second kappa shape index (κ2) is 6.40. The predicted molar refractivity (Wildman–Crippen MR) is 91.4 cm³/mol. The number of aliphatic hydroxyl groups is 1. The average molecular weight is 377 g/mol. The number of hydrogen-bond donors (Lipinski definition) is 1. The third-order valence-corrected chi connectivity index (χ3v) is 5.22. The molecule has 0 aliphatic carbocycles. The Labute approximate surface area is 154 Å². The van der Waals surface area contributed by atoms with Crippen LogP contribution in [-0.4, -0.2) is 46.8 Å². The molecule has 0 radical (unpaired) electrons. The SMILES string of the molecule is CC1(C)O[C@H]2[C@@H](O1)C(O)(c1nccs1)O[C@@H]2COC(=O)c1ccccc1. The molecule has 1 unspecified atom stereocenters. The molecule has 1 aromatic heterocycles. The summed E-state index contributed by atoms with van der Waals surface area (Å²) in [6.07, 6.45) is -0.435. The van der Waals surface area contributed by atoms with E-state index in [9.17, 15) is 9.90 Å². The van der Waals surface area contributed by atoms with Gasteiger partial charge in [0.1, 0.15) is 18.8 Å². The highest BCUT2D eigenvalue weighted by molar-refractivity contribution is 7.09. The number of carbonyl (C=O) groups is 1. The van der Waals surface area contributed by atoms with Crippen LogP contribution < -0.4 is 0 Å². The molecular weight excluding hydrogens is 358 g/mol. The van der Waals surface area contributed by atoms with Crippen molar-refractivity contribution in [1.29, 1.82) is 0 Å². The third-order valence-electron chi connectivity index (χ3n) is 4.34. The first-order valence-corrected chi connectivity index (χ1v) is 9.15. The van der Waals surface area contributed by atoms with Crippen molar-refractivity contribution in [2.75, 3.05) is 6.61 Å². The lowest BCUT2D eigenvalue weighted by atomic mass is 10.1. The predicted octanol–water partition coefficient (Wildman–Crippen LogP) is 2.06.